The lowest BCUT2D eigenvalue weighted by molar-refractivity contribution is 1.32. The number of nitrogens with zero attached hydrogens (tertiary/aromatic N) is 1. The van der Waals surface area contributed by atoms with Crippen LogP contribution in [-0.2, 0) is 0 Å². The van der Waals surface area contributed by atoms with Crippen LogP contribution in [0.4, 0.5) is 0 Å². The number of fused-ring (bicyclic) bond motifs is 1. The first-order chi connectivity index (χ1) is 6.16. The monoisotopic (exact) mass is 192 g/mol. The summed E-state index contributed by atoms with van der Waals surface area (Å²) < 4.78 is 0. The molecule has 0 aliphatic heterocycles. The molecule has 0 spiro atoms. The van der Waals surface area contributed by atoms with Gasteiger partial charge in [-0.2, -0.15) is 0 Å². The second-order valence-electron chi connectivity index (χ2n) is 3.06. The SMILES string of the molecule is C=C(C)c1cc2cc(Cl)ncc2[nH]1. The van der Waals surface area contributed by atoms with Gasteiger partial charge in [-0.25, -0.2) is 4.98 Å². The van der Waals surface area contributed by atoms with Crippen molar-refractivity contribution in [2.24, 2.45) is 0 Å². The molecule has 0 aliphatic carbocycles. The molecule has 2 nitrogen and oxygen atoms in total. The maximum atomic E-state index is 5.76. The minimum Gasteiger partial charge on any atom is -0.354 e. The average Bonchev–Trinajstić information content (AvgIpc) is 2.46. The number of aromatic amines is 1. The molecule has 0 saturated heterocycles. The molecule has 2 heterocycles. The normalized spacial score (nSPS) is 10.6. The van der Waals surface area contributed by atoms with Gasteiger partial charge in [-0.05, 0) is 24.6 Å². The third-order valence-electron chi connectivity index (χ3n) is 1.93. The number of pyridine rings is 1. The number of rotatable bonds is 1. The number of halogens is 1. The Labute approximate surface area is 81.3 Å². The maximum absolute atomic E-state index is 5.76. The van der Waals surface area contributed by atoms with E-state index in [-0.39, 0.29) is 0 Å². The van der Waals surface area contributed by atoms with E-state index in [1.807, 2.05) is 19.1 Å². The second kappa shape index (κ2) is 2.89. The molecule has 0 fully saturated rings. The Balaban J connectivity index is 2.68. The average molecular weight is 193 g/mol. The summed E-state index contributed by atoms with van der Waals surface area (Å²) in [4.78, 5) is 7.19. The topological polar surface area (TPSA) is 28.7 Å². The fourth-order valence-electron chi connectivity index (χ4n) is 1.23. The summed E-state index contributed by atoms with van der Waals surface area (Å²) in [7, 11) is 0. The molecule has 2 aromatic heterocycles. The molecule has 2 aromatic rings. The number of hydrogen-bond acceptors (Lipinski definition) is 1. The predicted molar refractivity (Wildman–Crippen MR) is 55.8 cm³/mol. The zero-order valence-electron chi connectivity index (χ0n) is 7.26. The van der Waals surface area contributed by atoms with E-state index in [9.17, 15) is 0 Å². The Bertz CT molecular complexity index is 471. The van der Waals surface area contributed by atoms with E-state index >= 15 is 0 Å². The molecule has 0 saturated carbocycles. The van der Waals surface area contributed by atoms with Crippen molar-refractivity contribution in [3.63, 3.8) is 0 Å². The lowest BCUT2D eigenvalue weighted by Gasteiger charge is -1.90. The van der Waals surface area contributed by atoms with Crippen LogP contribution in [-0.4, -0.2) is 9.97 Å². The van der Waals surface area contributed by atoms with Crippen LogP contribution in [0.25, 0.3) is 16.5 Å². The van der Waals surface area contributed by atoms with E-state index in [2.05, 4.69) is 16.5 Å². The number of nitrogens with one attached hydrogen (secondary N) is 1. The highest BCUT2D eigenvalue weighted by Gasteiger charge is 2.01. The van der Waals surface area contributed by atoms with Gasteiger partial charge in [0.2, 0.25) is 0 Å². The minimum atomic E-state index is 0.514. The zero-order chi connectivity index (χ0) is 9.42. The first kappa shape index (κ1) is 8.32. The molecule has 0 radical (unpaired) electrons. The van der Waals surface area contributed by atoms with Crippen molar-refractivity contribution in [2.75, 3.05) is 0 Å². The summed E-state index contributed by atoms with van der Waals surface area (Å²) in [6.45, 7) is 5.82. The molecular weight excluding hydrogens is 184 g/mol. The number of hydrogen-bond donors (Lipinski definition) is 1. The van der Waals surface area contributed by atoms with E-state index in [0.29, 0.717) is 5.15 Å². The molecule has 3 heteroatoms. The summed E-state index contributed by atoms with van der Waals surface area (Å²) in [5.74, 6) is 0. The minimum absolute atomic E-state index is 0.514. The molecular formula is C10H9ClN2. The van der Waals surface area contributed by atoms with Crippen molar-refractivity contribution in [2.45, 2.75) is 6.92 Å². The van der Waals surface area contributed by atoms with Gasteiger partial charge in [-0.1, -0.05) is 18.2 Å². The second-order valence-corrected chi connectivity index (χ2v) is 3.44. The van der Waals surface area contributed by atoms with Crippen molar-refractivity contribution < 1.29 is 0 Å². The van der Waals surface area contributed by atoms with Gasteiger partial charge in [0.25, 0.3) is 0 Å². The van der Waals surface area contributed by atoms with Crippen LogP contribution >= 0.6 is 11.6 Å². The van der Waals surface area contributed by atoms with Crippen molar-refractivity contribution in [3.8, 4) is 0 Å². The summed E-state index contributed by atoms with van der Waals surface area (Å²) in [6, 6.07) is 3.85. The van der Waals surface area contributed by atoms with Gasteiger partial charge in [0.05, 0.1) is 11.7 Å². The molecule has 0 unspecified atom stereocenters. The molecule has 0 atom stereocenters. The lowest BCUT2D eigenvalue weighted by atomic mass is 10.2. The van der Waals surface area contributed by atoms with Crippen LogP contribution in [0.1, 0.15) is 12.6 Å². The molecule has 0 aromatic carbocycles. The van der Waals surface area contributed by atoms with Gasteiger partial charge in [0, 0.05) is 11.1 Å². The summed E-state index contributed by atoms with van der Waals surface area (Å²) in [5.41, 5.74) is 3.02. The van der Waals surface area contributed by atoms with Gasteiger partial charge in [0.15, 0.2) is 0 Å². The Hall–Kier alpha value is -1.28. The predicted octanol–water partition coefficient (Wildman–Crippen LogP) is 3.25. The van der Waals surface area contributed by atoms with Gasteiger partial charge in [-0.15, -0.1) is 0 Å². The largest absolute Gasteiger partial charge is 0.354 e. The van der Waals surface area contributed by atoms with Crippen molar-refractivity contribution in [1.82, 2.24) is 9.97 Å². The molecule has 0 amide bonds. The Morgan fingerprint density at radius 3 is 3.00 bits per heavy atom. The van der Waals surface area contributed by atoms with Crippen LogP contribution in [0.5, 0.6) is 0 Å². The molecule has 2 rings (SSSR count). The quantitative estimate of drug-likeness (QED) is 0.691. The molecule has 0 aliphatic rings. The van der Waals surface area contributed by atoms with Gasteiger partial charge < -0.3 is 4.98 Å². The third kappa shape index (κ3) is 1.45. The first-order valence-electron chi connectivity index (χ1n) is 3.97. The van der Waals surface area contributed by atoms with E-state index in [1.165, 1.54) is 0 Å². The van der Waals surface area contributed by atoms with Crippen LogP contribution in [0.15, 0.2) is 24.9 Å². The van der Waals surface area contributed by atoms with Crippen LogP contribution in [0.3, 0.4) is 0 Å². The number of allylic oxidation sites excluding steroid dienone is 1. The van der Waals surface area contributed by atoms with E-state index in [4.69, 9.17) is 11.6 Å². The lowest BCUT2D eigenvalue weighted by Crippen LogP contribution is -1.75. The fourth-order valence-corrected chi connectivity index (χ4v) is 1.40. The van der Waals surface area contributed by atoms with Crippen LogP contribution < -0.4 is 0 Å². The zero-order valence-corrected chi connectivity index (χ0v) is 8.02. The van der Waals surface area contributed by atoms with Crippen molar-refractivity contribution >= 4 is 28.1 Å². The summed E-state index contributed by atoms with van der Waals surface area (Å²) in [5, 5.41) is 1.58. The van der Waals surface area contributed by atoms with Crippen molar-refractivity contribution in [3.05, 3.63) is 35.8 Å². The number of aromatic nitrogens is 2. The molecule has 1 N–H and O–H groups in total. The first-order valence-corrected chi connectivity index (χ1v) is 4.35. The molecule has 0 bridgehead atoms. The fraction of sp³-hybridized carbons (Fsp3) is 0.100. The van der Waals surface area contributed by atoms with Crippen LogP contribution in [0.2, 0.25) is 5.15 Å². The van der Waals surface area contributed by atoms with E-state index in [0.717, 1.165) is 22.2 Å². The van der Waals surface area contributed by atoms with Gasteiger partial charge >= 0.3 is 0 Å². The third-order valence-corrected chi connectivity index (χ3v) is 2.14. The highest BCUT2D eigenvalue weighted by Crippen LogP contribution is 2.20. The Kier molecular flexibility index (Phi) is 1.85. The highest BCUT2D eigenvalue weighted by molar-refractivity contribution is 6.30. The van der Waals surface area contributed by atoms with Gasteiger partial charge in [0.1, 0.15) is 5.15 Å². The number of H-pyrrole nitrogens is 1. The highest BCUT2D eigenvalue weighted by atomic mass is 35.5. The summed E-state index contributed by atoms with van der Waals surface area (Å²) in [6.07, 6.45) is 1.73. The molecule has 66 valence electrons. The smallest absolute Gasteiger partial charge is 0.129 e. The molecule has 13 heavy (non-hydrogen) atoms. The van der Waals surface area contributed by atoms with Gasteiger partial charge in [-0.3, -0.25) is 0 Å². The van der Waals surface area contributed by atoms with Crippen LogP contribution in [0, 0.1) is 0 Å². The standard InChI is InChI=1S/C10H9ClN2/c1-6(2)8-3-7-4-10(11)12-5-9(7)13-8/h3-5,13H,1H2,2H3. The van der Waals surface area contributed by atoms with Crippen molar-refractivity contribution in [1.29, 1.82) is 0 Å². The Morgan fingerprint density at radius 2 is 2.31 bits per heavy atom. The maximum Gasteiger partial charge on any atom is 0.129 e. The summed E-state index contributed by atoms with van der Waals surface area (Å²) >= 11 is 5.76. The van der Waals surface area contributed by atoms with E-state index in [1.54, 1.807) is 6.20 Å². The Morgan fingerprint density at radius 1 is 1.54 bits per heavy atom. The van der Waals surface area contributed by atoms with E-state index < -0.39 is 0 Å².